The van der Waals surface area contributed by atoms with E-state index >= 15 is 0 Å². The third kappa shape index (κ3) is 3.32. The fourth-order valence-electron chi connectivity index (χ4n) is 1.37. The molecule has 100 valence electrons. The Labute approximate surface area is 127 Å². The van der Waals surface area contributed by atoms with Crippen molar-refractivity contribution in [3.8, 4) is 0 Å². The lowest BCUT2D eigenvalue weighted by Crippen LogP contribution is -2.15. The zero-order valence-corrected chi connectivity index (χ0v) is 13.5. The molecule has 8 heteroatoms. The molecular weight excluding hydrogens is 376 g/mol. The summed E-state index contributed by atoms with van der Waals surface area (Å²) < 4.78 is 1.79. The first-order chi connectivity index (χ1) is 8.97. The molecule has 0 saturated carbocycles. The molecule has 0 spiro atoms. The van der Waals surface area contributed by atoms with E-state index < -0.39 is 0 Å². The minimum Gasteiger partial charge on any atom is -0.368 e. The van der Waals surface area contributed by atoms with E-state index in [0.29, 0.717) is 11.9 Å². The quantitative estimate of drug-likeness (QED) is 0.842. The average molecular weight is 388 g/mol. The molecule has 19 heavy (non-hydrogen) atoms. The smallest absolute Gasteiger partial charge is 0.233 e. The molecule has 1 aromatic heterocycles. The summed E-state index contributed by atoms with van der Waals surface area (Å²) in [5.74, 6) is 1.06. The van der Waals surface area contributed by atoms with Gasteiger partial charge in [0.15, 0.2) is 0 Å². The molecule has 0 fully saturated rings. The third-order valence-corrected chi connectivity index (χ3v) is 3.56. The van der Waals surface area contributed by atoms with Gasteiger partial charge >= 0.3 is 0 Å². The highest BCUT2D eigenvalue weighted by molar-refractivity contribution is 9.11. The molecule has 0 radical (unpaired) electrons. The Morgan fingerprint density at radius 3 is 2.32 bits per heavy atom. The first-order valence-corrected chi connectivity index (χ1v) is 6.96. The van der Waals surface area contributed by atoms with E-state index in [4.69, 9.17) is 5.73 Å². The zero-order chi connectivity index (χ0) is 14.0. The van der Waals surface area contributed by atoms with Crippen LogP contribution in [0.25, 0.3) is 0 Å². The van der Waals surface area contributed by atoms with Gasteiger partial charge in [-0.1, -0.05) is 6.07 Å². The number of nitrogen functional groups attached to an aromatic ring is 1. The van der Waals surface area contributed by atoms with E-state index in [1.54, 1.807) is 4.90 Å². The molecule has 1 heterocycles. The number of para-hydroxylation sites is 1. The maximum Gasteiger partial charge on any atom is 0.233 e. The monoisotopic (exact) mass is 386 g/mol. The molecule has 2 rings (SSSR count). The van der Waals surface area contributed by atoms with E-state index in [1.807, 2.05) is 32.3 Å². The van der Waals surface area contributed by atoms with Crippen LogP contribution in [0, 0.1) is 0 Å². The Morgan fingerprint density at radius 1 is 1.11 bits per heavy atom. The van der Waals surface area contributed by atoms with Gasteiger partial charge in [-0.25, -0.2) is 0 Å². The molecule has 6 nitrogen and oxygen atoms in total. The number of nitrogens with one attached hydrogen (secondary N) is 1. The highest BCUT2D eigenvalue weighted by Gasteiger charge is 2.10. The zero-order valence-electron chi connectivity index (χ0n) is 10.4. The van der Waals surface area contributed by atoms with Crippen molar-refractivity contribution in [3.63, 3.8) is 0 Å². The highest BCUT2D eigenvalue weighted by Crippen LogP contribution is 2.32. The van der Waals surface area contributed by atoms with Crippen molar-refractivity contribution in [2.24, 2.45) is 0 Å². The fourth-order valence-corrected chi connectivity index (χ4v) is 2.56. The Bertz CT molecular complexity index is 581. The predicted molar refractivity (Wildman–Crippen MR) is 83.7 cm³/mol. The van der Waals surface area contributed by atoms with Crippen LogP contribution in [0.2, 0.25) is 0 Å². The van der Waals surface area contributed by atoms with Crippen LogP contribution in [0.15, 0.2) is 27.1 Å². The maximum atomic E-state index is 5.67. The lowest BCUT2D eigenvalue weighted by Gasteiger charge is -2.13. The minimum absolute atomic E-state index is 0.171. The molecule has 2 aromatic rings. The SMILES string of the molecule is CN(C)c1nc(N)nc(Nc2c(Br)cccc2Br)n1. The second-order valence-electron chi connectivity index (χ2n) is 3.93. The van der Waals surface area contributed by atoms with Crippen molar-refractivity contribution in [3.05, 3.63) is 27.1 Å². The Morgan fingerprint density at radius 2 is 1.74 bits per heavy atom. The average Bonchev–Trinajstić information content (AvgIpc) is 2.33. The van der Waals surface area contributed by atoms with Crippen LogP contribution < -0.4 is 16.0 Å². The molecule has 0 aliphatic heterocycles. The van der Waals surface area contributed by atoms with E-state index in [9.17, 15) is 0 Å². The number of nitrogens with two attached hydrogens (primary N) is 1. The summed E-state index contributed by atoms with van der Waals surface area (Å²) >= 11 is 6.93. The highest BCUT2D eigenvalue weighted by atomic mass is 79.9. The lowest BCUT2D eigenvalue weighted by molar-refractivity contribution is 0.969. The lowest BCUT2D eigenvalue weighted by atomic mass is 10.3. The molecule has 0 aliphatic carbocycles. The minimum atomic E-state index is 0.171. The summed E-state index contributed by atoms with van der Waals surface area (Å²) in [6.45, 7) is 0. The number of hydrogen-bond donors (Lipinski definition) is 2. The summed E-state index contributed by atoms with van der Waals surface area (Å²) in [6.07, 6.45) is 0. The Hall–Kier alpha value is -1.41. The van der Waals surface area contributed by atoms with Crippen LogP contribution >= 0.6 is 31.9 Å². The summed E-state index contributed by atoms with van der Waals surface area (Å²) in [5.41, 5.74) is 6.51. The van der Waals surface area contributed by atoms with Gasteiger partial charge in [-0.15, -0.1) is 0 Å². The second-order valence-corrected chi connectivity index (χ2v) is 5.64. The van der Waals surface area contributed by atoms with Gasteiger partial charge in [-0.3, -0.25) is 0 Å². The van der Waals surface area contributed by atoms with Crippen molar-refractivity contribution in [1.82, 2.24) is 15.0 Å². The van der Waals surface area contributed by atoms with Crippen LogP contribution in [0.1, 0.15) is 0 Å². The standard InChI is InChI=1S/C11H12Br2N6/c1-19(2)11-17-9(14)16-10(18-11)15-8-6(12)4-3-5-7(8)13/h3-5H,1-2H3,(H3,14,15,16,17,18). The van der Waals surface area contributed by atoms with Crippen molar-refractivity contribution in [1.29, 1.82) is 0 Å². The molecule has 0 saturated heterocycles. The topological polar surface area (TPSA) is 80.0 Å². The number of hydrogen-bond acceptors (Lipinski definition) is 6. The van der Waals surface area contributed by atoms with Crippen LogP contribution in [-0.4, -0.2) is 29.0 Å². The Kier molecular flexibility index (Phi) is 4.20. The van der Waals surface area contributed by atoms with Gasteiger partial charge in [0, 0.05) is 23.0 Å². The van der Waals surface area contributed by atoms with Gasteiger partial charge < -0.3 is 16.0 Å². The fraction of sp³-hybridized carbons (Fsp3) is 0.182. The number of rotatable bonds is 3. The normalized spacial score (nSPS) is 10.3. The molecule has 1 aromatic carbocycles. The van der Waals surface area contributed by atoms with Crippen molar-refractivity contribution in [2.75, 3.05) is 30.0 Å². The third-order valence-electron chi connectivity index (χ3n) is 2.24. The van der Waals surface area contributed by atoms with Gasteiger partial charge in [0.25, 0.3) is 0 Å². The first kappa shape index (κ1) is 14.0. The molecule has 0 unspecified atom stereocenters. The van der Waals surface area contributed by atoms with Crippen LogP contribution in [-0.2, 0) is 0 Å². The van der Waals surface area contributed by atoms with E-state index in [2.05, 4.69) is 52.1 Å². The maximum absolute atomic E-state index is 5.67. The van der Waals surface area contributed by atoms with Crippen molar-refractivity contribution < 1.29 is 0 Å². The van der Waals surface area contributed by atoms with Gasteiger partial charge in [0.2, 0.25) is 17.8 Å². The molecule has 0 atom stereocenters. The summed E-state index contributed by atoms with van der Waals surface area (Å²) in [7, 11) is 3.68. The van der Waals surface area contributed by atoms with E-state index in [1.165, 1.54) is 0 Å². The van der Waals surface area contributed by atoms with Crippen LogP contribution in [0.5, 0.6) is 0 Å². The number of nitrogens with zero attached hydrogens (tertiary/aromatic N) is 4. The van der Waals surface area contributed by atoms with Crippen molar-refractivity contribution in [2.45, 2.75) is 0 Å². The predicted octanol–water partition coefficient (Wildman–Crippen LogP) is 2.79. The number of aromatic nitrogens is 3. The number of benzene rings is 1. The number of anilines is 4. The second kappa shape index (κ2) is 5.70. The van der Waals surface area contributed by atoms with Gasteiger partial charge in [0.1, 0.15) is 0 Å². The summed E-state index contributed by atoms with van der Waals surface area (Å²) in [5, 5.41) is 3.11. The first-order valence-electron chi connectivity index (χ1n) is 5.37. The summed E-state index contributed by atoms with van der Waals surface area (Å²) in [4.78, 5) is 14.2. The largest absolute Gasteiger partial charge is 0.368 e. The molecule has 3 N–H and O–H groups in total. The number of halogens is 2. The van der Waals surface area contributed by atoms with Crippen LogP contribution in [0.4, 0.5) is 23.5 Å². The van der Waals surface area contributed by atoms with Crippen LogP contribution in [0.3, 0.4) is 0 Å². The van der Waals surface area contributed by atoms with E-state index in [0.717, 1.165) is 14.6 Å². The van der Waals surface area contributed by atoms with Gasteiger partial charge in [-0.05, 0) is 44.0 Å². The van der Waals surface area contributed by atoms with Crippen molar-refractivity contribution >= 4 is 55.4 Å². The van der Waals surface area contributed by atoms with Gasteiger partial charge in [0.05, 0.1) is 5.69 Å². The summed E-state index contributed by atoms with van der Waals surface area (Å²) in [6, 6.07) is 5.77. The molecule has 0 amide bonds. The molecule has 0 bridgehead atoms. The molecular formula is C11H12Br2N6. The molecule has 0 aliphatic rings. The van der Waals surface area contributed by atoms with Gasteiger partial charge in [-0.2, -0.15) is 15.0 Å². The van der Waals surface area contributed by atoms with E-state index in [-0.39, 0.29) is 5.95 Å². The Balaban J connectivity index is 2.38.